The maximum absolute atomic E-state index is 13.9. The summed E-state index contributed by atoms with van der Waals surface area (Å²) in [6.45, 7) is 7.52. The zero-order valence-corrected chi connectivity index (χ0v) is 23.6. The number of aryl methyl sites for hydroxylation is 1. The fourth-order valence-corrected chi connectivity index (χ4v) is 5.50. The van der Waals surface area contributed by atoms with Crippen molar-refractivity contribution in [2.24, 2.45) is 5.92 Å². The highest BCUT2D eigenvalue weighted by Gasteiger charge is 2.33. The molecule has 0 aliphatic rings. The maximum Gasteiger partial charge on any atom is 0.264 e. The van der Waals surface area contributed by atoms with Gasteiger partial charge >= 0.3 is 0 Å². The molecule has 0 bridgehead atoms. The highest BCUT2D eigenvalue weighted by molar-refractivity contribution is 7.92. The van der Waals surface area contributed by atoms with E-state index in [1.54, 1.807) is 61.5 Å². The number of rotatable bonds is 12. The topological polar surface area (TPSA) is 86.8 Å². The average molecular weight is 554 g/mol. The van der Waals surface area contributed by atoms with Crippen molar-refractivity contribution in [3.63, 3.8) is 0 Å². The molecule has 3 aromatic rings. The van der Waals surface area contributed by atoms with Gasteiger partial charge in [0, 0.05) is 13.1 Å². The van der Waals surface area contributed by atoms with Gasteiger partial charge in [0.1, 0.15) is 18.4 Å². The van der Waals surface area contributed by atoms with Crippen LogP contribution in [0, 0.1) is 18.7 Å². The number of amides is 2. The van der Waals surface area contributed by atoms with Crippen LogP contribution in [0.25, 0.3) is 0 Å². The van der Waals surface area contributed by atoms with Crippen LogP contribution >= 0.6 is 0 Å². The Morgan fingerprint density at radius 3 is 2.10 bits per heavy atom. The summed E-state index contributed by atoms with van der Waals surface area (Å²) < 4.78 is 42.2. The predicted octanol–water partition coefficient (Wildman–Crippen LogP) is 4.91. The molecule has 3 rings (SSSR count). The van der Waals surface area contributed by atoms with Gasteiger partial charge in [-0.15, -0.1) is 0 Å². The van der Waals surface area contributed by atoms with E-state index in [4.69, 9.17) is 0 Å². The van der Waals surface area contributed by atoms with Gasteiger partial charge in [0.25, 0.3) is 10.0 Å². The van der Waals surface area contributed by atoms with Gasteiger partial charge in [0.05, 0.1) is 10.6 Å². The standard InChI is InChI=1S/C30H36FN3O4S/c1-5-28(30(36)32-19-22(2)3)33(20-24-13-15-25(31)16-14-24)29(35)21-34(26-9-7-6-8-10-26)39(37,38)27-17-11-23(4)12-18-27/h6-18,22,28H,5,19-21H2,1-4H3,(H,32,36)/t28-/m0/s1. The molecule has 0 fully saturated rings. The van der Waals surface area contributed by atoms with Crippen molar-refractivity contribution in [2.75, 3.05) is 17.4 Å². The molecule has 1 atom stereocenters. The van der Waals surface area contributed by atoms with Crippen molar-refractivity contribution in [2.45, 2.75) is 51.6 Å². The normalized spacial score (nSPS) is 12.2. The van der Waals surface area contributed by atoms with E-state index in [1.807, 2.05) is 20.8 Å². The zero-order valence-electron chi connectivity index (χ0n) is 22.8. The first-order valence-corrected chi connectivity index (χ1v) is 14.4. The lowest BCUT2D eigenvalue weighted by molar-refractivity contribution is -0.140. The Morgan fingerprint density at radius 2 is 1.54 bits per heavy atom. The second-order valence-corrected chi connectivity index (χ2v) is 11.7. The number of para-hydroxylation sites is 1. The highest BCUT2D eigenvalue weighted by Crippen LogP contribution is 2.25. The Morgan fingerprint density at radius 1 is 0.923 bits per heavy atom. The van der Waals surface area contributed by atoms with Gasteiger partial charge < -0.3 is 10.2 Å². The molecule has 0 unspecified atom stereocenters. The quantitative estimate of drug-likeness (QED) is 0.345. The molecular formula is C30H36FN3O4S. The van der Waals surface area contributed by atoms with E-state index in [0.717, 1.165) is 9.87 Å². The summed E-state index contributed by atoms with van der Waals surface area (Å²) in [6.07, 6.45) is 0.312. The summed E-state index contributed by atoms with van der Waals surface area (Å²) in [6, 6.07) is 19.6. The molecule has 3 aromatic carbocycles. The fourth-order valence-electron chi connectivity index (χ4n) is 4.09. The molecule has 1 N–H and O–H groups in total. The summed E-state index contributed by atoms with van der Waals surface area (Å²) in [4.78, 5) is 28.5. The molecule has 208 valence electrons. The van der Waals surface area contributed by atoms with Gasteiger partial charge in [0.2, 0.25) is 11.8 Å². The minimum absolute atomic E-state index is 0.0138. The van der Waals surface area contributed by atoms with E-state index in [2.05, 4.69) is 5.32 Å². The average Bonchev–Trinajstić information content (AvgIpc) is 2.92. The number of hydrogen-bond donors (Lipinski definition) is 1. The van der Waals surface area contributed by atoms with Crippen molar-refractivity contribution in [3.05, 3.63) is 95.8 Å². The van der Waals surface area contributed by atoms with Crippen molar-refractivity contribution in [3.8, 4) is 0 Å². The number of benzene rings is 3. The Bertz CT molecular complexity index is 1350. The van der Waals surface area contributed by atoms with E-state index in [9.17, 15) is 22.4 Å². The predicted molar refractivity (Wildman–Crippen MR) is 151 cm³/mol. The summed E-state index contributed by atoms with van der Waals surface area (Å²) in [5.41, 5.74) is 1.85. The van der Waals surface area contributed by atoms with Gasteiger partial charge in [-0.25, -0.2) is 12.8 Å². The van der Waals surface area contributed by atoms with Crippen molar-refractivity contribution in [1.29, 1.82) is 0 Å². The van der Waals surface area contributed by atoms with Crippen LogP contribution in [0.1, 0.15) is 38.3 Å². The van der Waals surface area contributed by atoms with Crippen molar-refractivity contribution >= 4 is 27.5 Å². The van der Waals surface area contributed by atoms with Crippen LogP contribution in [-0.2, 0) is 26.2 Å². The second-order valence-electron chi connectivity index (χ2n) is 9.87. The number of carbonyl (C=O) groups excluding carboxylic acids is 2. The minimum Gasteiger partial charge on any atom is -0.354 e. The summed E-state index contributed by atoms with van der Waals surface area (Å²) in [5, 5.41) is 2.89. The molecule has 0 radical (unpaired) electrons. The molecule has 7 nitrogen and oxygen atoms in total. The first-order chi connectivity index (χ1) is 18.5. The van der Waals surface area contributed by atoms with Gasteiger partial charge in [-0.1, -0.05) is 68.8 Å². The van der Waals surface area contributed by atoms with Crippen LogP contribution < -0.4 is 9.62 Å². The molecular weight excluding hydrogens is 517 g/mol. The minimum atomic E-state index is -4.12. The van der Waals surface area contributed by atoms with E-state index >= 15 is 0 Å². The smallest absolute Gasteiger partial charge is 0.264 e. The third-order valence-electron chi connectivity index (χ3n) is 6.27. The van der Waals surface area contributed by atoms with E-state index in [-0.39, 0.29) is 23.3 Å². The van der Waals surface area contributed by atoms with Crippen LogP contribution in [0.3, 0.4) is 0 Å². The van der Waals surface area contributed by atoms with E-state index < -0.39 is 34.3 Å². The summed E-state index contributed by atoms with van der Waals surface area (Å²) >= 11 is 0. The lowest BCUT2D eigenvalue weighted by Crippen LogP contribution is -2.52. The Balaban J connectivity index is 2.01. The number of nitrogens with zero attached hydrogens (tertiary/aromatic N) is 2. The largest absolute Gasteiger partial charge is 0.354 e. The van der Waals surface area contributed by atoms with Gasteiger partial charge in [0.15, 0.2) is 0 Å². The number of halogens is 1. The SMILES string of the molecule is CC[C@@H](C(=O)NCC(C)C)N(Cc1ccc(F)cc1)C(=O)CN(c1ccccc1)S(=O)(=O)c1ccc(C)cc1. The number of nitrogens with one attached hydrogen (secondary N) is 1. The van der Waals surface area contributed by atoms with Gasteiger partial charge in [-0.05, 0) is 61.2 Å². The van der Waals surface area contributed by atoms with Crippen LogP contribution in [0.4, 0.5) is 10.1 Å². The van der Waals surface area contributed by atoms with Crippen molar-refractivity contribution < 1.29 is 22.4 Å². The Labute approximate surface area is 230 Å². The lowest BCUT2D eigenvalue weighted by Gasteiger charge is -2.33. The Kier molecular flexibility index (Phi) is 10.2. The highest BCUT2D eigenvalue weighted by atomic mass is 32.2. The lowest BCUT2D eigenvalue weighted by atomic mass is 10.1. The summed E-state index contributed by atoms with van der Waals surface area (Å²) in [5.74, 6) is -1.08. The fraction of sp³-hybridized carbons (Fsp3) is 0.333. The van der Waals surface area contributed by atoms with E-state index in [1.165, 1.54) is 29.2 Å². The number of carbonyl (C=O) groups is 2. The van der Waals surface area contributed by atoms with Gasteiger partial charge in [-0.3, -0.25) is 13.9 Å². The first-order valence-electron chi connectivity index (χ1n) is 13.0. The van der Waals surface area contributed by atoms with Crippen molar-refractivity contribution in [1.82, 2.24) is 10.2 Å². The molecule has 0 saturated carbocycles. The molecule has 0 heterocycles. The third kappa shape index (κ3) is 7.89. The first kappa shape index (κ1) is 29.8. The molecule has 9 heteroatoms. The zero-order chi connectivity index (χ0) is 28.6. The van der Waals surface area contributed by atoms with Crippen LogP contribution in [0.15, 0.2) is 83.8 Å². The molecule has 2 amide bonds. The third-order valence-corrected chi connectivity index (χ3v) is 8.06. The monoisotopic (exact) mass is 553 g/mol. The molecule has 0 spiro atoms. The van der Waals surface area contributed by atoms with Crippen LogP contribution in [-0.4, -0.2) is 44.3 Å². The van der Waals surface area contributed by atoms with E-state index in [0.29, 0.717) is 24.2 Å². The Hall–Kier alpha value is -3.72. The maximum atomic E-state index is 13.9. The van der Waals surface area contributed by atoms with Gasteiger partial charge in [-0.2, -0.15) is 0 Å². The number of anilines is 1. The van der Waals surface area contributed by atoms with Crippen LogP contribution in [0.2, 0.25) is 0 Å². The molecule has 0 saturated heterocycles. The second kappa shape index (κ2) is 13.4. The molecule has 39 heavy (non-hydrogen) atoms. The summed E-state index contributed by atoms with van der Waals surface area (Å²) in [7, 11) is -4.12. The molecule has 0 aliphatic carbocycles. The number of hydrogen-bond acceptors (Lipinski definition) is 4. The van der Waals surface area contributed by atoms with Crippen LogP contribution in [0.5, 0.6) is 0 Å². The molecule has 0 aliphatic heterocycles. The number of sulfonamides is 1. The molecule has 0 aromatic heterocycles.